The van der Waals surface area contributed by atoms with Gasteiger partial charge >= 0.3 is 6.18 Å². The number of halogens is 3. The molecule has 2 aromatic rings. The van der Waals surface area contributed by atoms with E-state index in [1.165, 1.54) is 6.92 Å². The number of sulfonamides is 1. The van der Waals surface area contributed by atoms with E-state index in [0.29, 0.717) is 15.9 Å². The maximum atomic E-state index is 13.0. The molecule has 0 aromatic heterocycles. The average Bonchev–Trinajstić information content (AvgIpc) is 2.54. The van der Waals surface area contributed by atoms with Gasteiger partial charge in [0.25, 0.3) is 5.91 Å². The topological polar surface area (TPSA) is 54.5 Å². The molecule has 4 nitrogen and oxygen atoms in total. The molecule has 138 valence electrons. The highest BCUT2D eigenvalue weighted by Gasteiger charge is 2.34. The molecule has 0 bridgehead atoms. The molecule has 0 N–H and O–H groups in total. The lowest BCUT2D eigenvalue weighted by Crippen LogP contribution is -2.38. The van der Waals surface area contributed by atoms with Crippen molar-refractivity contribution in [1.29, 1.82) is 0 Å². The van der Waals surface area contributed by atoms with E-state index in [2.05, 4.69) is 6.58 Å². The standard InChI is InChI=1S/C18H16F3NO3S/c1-13(2)17(23)22(16-10-6-9-15(11-16)18(19,20)21)26(24,25)12-14-7-4-3-5-8-14/h3-11H,1,12H2,2H3. The molecule has 2 aromatic carbocycles. The molecular formula is C18H16F3NO3S. The average molecular weight is 383 g/mol. The van der Waals surface area contributed by atoms with Gasteiger partial charge in [-0.05, 0) is 30.7 Å². The second-order valence-corrected chi connectivity index (χ2v) is 7.46. The quantitative estimate of drug-likeness (QED) is 0.729. The van der Waals surface area contributed by atoms with Gasteiger partial charge in [0.05, 0.1) is 17.0 Å². The van der Waals surface area contributed by atoms with E-state index >= 15 is 0 Å². The number of hydrogen-bond acceptors (Lipinski definition) is 3. The maximum Gasteiger partial charge on any atom is 0.416 e. The molecule has 0 radical (unpaired) electrons. The molecule has 0 aliphatic carbocycles. The van der Waals surface area contributed by atoms with E-state index in [1.807, 2.05) is 0 Å². The normalized spacial score (nSPS) is 11.8. The third-order valence-electron chi connectivity index (χ3n) is 3.43. The number of nitrogens with zero attached hydrogens (tertiary/aromatic N) is 1. The van der Waals surface area contributed by atoms with Crippen LogP contribution in [-0.2, 0) is 26.7 Å². The Kier molecular flexibility index (Phi) is 5.56. The smallest absolute Gasteiger partial charge is 0.268 e. The van der Waals surface area contributed by atoms with Crippen molar-refractivity contribution in [3.8, 4) is 0 Å². The molecule has 0 fully saturated rings. The van der Waals surface area contributed by atoms with Crippen LogP contribution >= 0.6 is 0 Å². The highest BCUT2D eigenvalue weighted by molar-refractivity contribution is 7.92. The molecule has 0 spiro atoms. The number of amides is 1. The largest absolute Gasteiger partial charge is 0.416 e. The first-order valence-corrected chi connectivity index (χ1v) is 9.07. The number of carbonyl (C=O) groups is 1. The minimum atomic E-state index is -4.67. The molecule has 8 heteroatoms. The summed E-state index contributed by atoms with van der Waals surface area (Å²) in [7, 11) is -4.28. The summed E-state index contributed by atoms with van der Waals surface area (Å²) >= 11 is 0. The van der Waals surface area contributed by atoms with E-state index in [4.69, 9.17) is 0 Å². The fourth-order valence-corrected chi connectivity index (χ4v) is 3.82. The zero-order chi connectivity index (χ0) is 19.5. The summed E-state index contributed by atoms with van der Waals surface area (Å²) < 4.78 is 64.8. The van der Waals surface area contributed by atoms with Crippen molar-refractivity contribution in [3.05, 3.63) is 77.9 Å². The monoisotopic (exact) mass is 383 g/mol. The van der Waals surface area contributed by atoms with Gasteiger partial charge in [-0.15, -0.1) is 0 Å². The van der Waals surface area contributed by atoms with Crippen LogP contribution in [0, 0.1) is 0 Å². The minimum absolute atomic E-state index is 0.112. The predicted molar refractivity (Wildman–Crippen MR) is 92.8 cm³/mol. The Morgan fingerprint density at radius 2 is 1.69 bits per heavy atom. The van der Waals surface area contributed by atoms with Crippen molar-refractivity contribution >= 4 is 21.6 Å². The van der Waals surface area contributed by atoms with Gasteiger partial charge in [-0.3, -0.25) is 4.79 Å². The third-order valence-corrected chi connectivity index (χ3v) is 5.06. The molecular weight excluding hydrogens is 367 g/mol. The van der Waals surface area contributed by atoms with Gasteiger partial charge in [-0.1, -0.05) is 43.0 Å². The number of rotatable bonds is 5. The first-order valence-electron chi connectivity index (χ1n) is 7.46. The first-order chi connectivity index (χ1) is 12.0. The number of benzene rings is 2. The van der Waals surface area contributed by atoms with Crippen molar-refractivity contribution in [2.75, 3.05) is 4.31 Å². The lowest BCUT2D eigenvalue weighted by Gasteiger charge is -2.23. The van der Waals surface area contributed by atoms with E-state index in [1.54, 1.807) is 30.3 Å². The third kappa shape index (κ3) is 4.51. The summed E-state index contributed by atoms with van der Waals surface area (Å²) in [5, 5.41) is 0. The second-order valence-electron chi connectivity index (χ2n) is 5.64. The lowest BCUT2D eigenvalue weighted by atomic mass is 10.2. The fraction of sp³-hybridized carbons (Fsp3) is 0.167. The van der Waals surface area contributed by atoms with Crippen molar-refractivity contribution in [2.45, 2.75) is 18.9 Å². The summed E-state index contributed by atoms with van der Waals surface area (Å²) in [4.78, 5) is 12.4. The minimum Gasteiger partial charge on any atom is -0.268 e. The molecule has 2 rings (SSSR count). The zero-order valence-corrected chi connectivity index (χ0v) is 14.6. The van der Waals surface area contributed by atoms with Crippen molar-refractivity contribution < 1.29 is 26.4 Å². The van der Waals surface area contributed by atoms with Crippen LogP contribution in [-0.4, -0.2) is 14.3 Å². The Hall–Kier alpha value is -2.61. The molecule has 0 saturated heterocycles. The summed E-state index contributed by atoms with van der Waals surface area (Å²) in [6.07, 6.45) is -4.67. The van der Waals surface area contributed by atoms with E-state index in [-0.39, 0.29) is 11.3 Å². The van der Waals surface area contributed by atoms with Crippen LogP contribution in [0.25, 0.3) is 0 Å². The van der Waals surface area contributed by atoms with Gasteiger partial charge in [0.2, 0.25) is 10.0 Å². The Morgan fingerprint density at radius 3 is 2.23 bits per heavy atom. The highest BCUT2D eigenvalue weighted by Crippen LogP contribution is 2.33. The summed E-state index contributed by atoms with van der Waals surface area (Å²) in [6, 6.07) is 11.7. The van der Waals surface area contributed by atoms with Crippen LogP contribution in [0.3, 0.4) is 0 Å². The van der Waals surface area contributed by atoms with Gasteiger partial charge in [-0.2, -0.15) is 13.2 Å². The number of anilines is 1. The summed E-state index contributed by atoms with van der Waals surface area (Å²) in [5.41, 5.74) is -1.15. The van der Waals surface area contributed by atoms with E-state index < -0.39 is 33.4 Å². The van der Waals surface area contributed by atoms with Gasteiger partial charge in [-0.25, -0.2) is 12.7 Å². The summed E-state index contributed by atoms with van der Waals surface area (Å²) in [5.74, 6) is -1.52. The van der Waals surface area contributed by atoms with Gasteiger partial charge in [0, 0.05) is 5.57 Å². The molecule has 0 atom stereocenters. The lowest BCUT2D eigenvalue weighted by molar-refractivity contribution is -0.137. The van der Waals surface area contributed by atoms with E-state index in [0.717, 1.165) is 18.2 Å². The van der Waals surface area contributed by atoms with Crippen LogP contribution in [0.2, 0.25) is 0 Å². The molecule has 0 aliphatic rings. The number of carbonyl (C=O) groups excluding carboxylic acids is 1. The van der Waals surface area contributed by atoms with Gasteiger partial charge in [0.15, 0.2) is 0 Å². The molecule has 26 heavy (non-hydrogen) atoms. The van der Waals surface area contributed by atoms with Crippen LogP contribution in [0.1, 0.15) is 18.1 Å². The molecule has 0 saturated carbocycles. The fourth-order valence-electron chi connectivity index (χ4n) is 2.24. The second kappa shape index (κ2) is 7.33. The zero-order valence-electron chi connectivity index (χ0n) is 13.8. The summed E-state index contributed by atoms with van der Waals surface area (Å²) in [6.45, 7) is 4.71. The molecule has 1 amide bonds. The molecule has 0 aliphatic heterocycles. The molecule has 0 unspecified atom stereocenters. The SMILES string of the molecule is C=C(C)C(=O)N(c1cccc(C(F)(F)F)c1)S(=O)(=O)Cc1ccccc1. The number of hydrogen-bond donors (Lipinski definition) is 0. The highest BCUT2D eigenvalue weighted by atomic mass is 32.2. The Bertz CT molecular complexity index is 922. The Balaban J connectivity index is 2.54. The predicted octanol–water partition coefficient (Wildman–Crippen LogP) is 4.14. The Morgan fingerprint density at radius 1 is 1.08 bits per heavy atom. The van der Waals surface area contributed by atoms with E-state index in [9.17, 15) is 26.4 Å². The van der Waals surface area contributed by atoms with Gasteiger partial charge in [0.1, 0.15) is 0 Å². The van der Waals surface area contributed by atoms with Crippen molar-refractivity contribution in [2.24, 2.45) is 0 Å². The maximum absolute atomic E-state index is 13.0. The number of alkyl halides is 3. The van der Waals surface area contributed by atoms with Gasteiger partial charge < -0.3 is 0 Å². The van der Waals surface area contributed by atoms with Crippen LogP contribution in [0.15, 0.2) is 66.7 Å². The molecule has 0 heterocycles. The van der Waals surface area contributed by atoms with Crippen LogP contribution in [0.5, 0.6) is 0 Å². The van der Waals surface area contributed by atoms with Crippen LogP contribution < -0.4 is 4.31 Å². The Labute approximate surface area is 149 Å². The van der Waals surface area contributed by atoms with Crippen LogP contribution in [0.4, 0.5) is 18.9 Å². The first kappa shape index (κ1) is 19.7. The van der Waals surface area contributed by atoms with Crippen molar-refractivity contribution in [3.63, 3.8) is 0 Å². The van der Waals surface area contributed by atoms with Crippen molar-refractivity contribution in [1.82, 2.24) is 0 Å².